The third-order valence-corrected chi connectivity index (χ3v) is 6.21. The fraction of sp³-hybridized carbons (Fsp3) is 0. The number of rotatable bonds is 2. The number of thiophene rings is 1. The van der Waals surface area contributed by atoms with Crippen molar-refractivity contribution in [3.8, 4) is 17.1 Å². The quantitative estimate of drug-likeness (QED) is 0.379. The molecule has 5 heteroatoms. The average molecular weight is 378 g/mol. The van der Waals surface area contributed by atoms with Crippen molar-refractivity contribution in [1.29, 1.82) is 0 Å². The molecule has 0 radical (unpaired) electrons. The van der Waals surface area contributed by atoms with Gasteiger partial charge in [0.1, 0.15) is 11.3 Å². The summed E-state index contributed by atoms with van der Waals surface area (Å²) in [6.07, 6.45) is 1.69. The van der Waals surface area contributed by atoms with Crippen LogP contribution in [-0.2, 0) is 0 Å². The van der Waals surface area contributed by atoms with Crippen LogP contribution in [0.15, 0.2) is 85.1 Å². The topological polar surface area (TPSA) is 43.6 Å². The first-order valence-corrected chi connectivity index (χ1v) is 9.88. The van der Waals surface area contributed by atoms with Crippen LogP contribution in [0, 0.1) is 0 Å². The van der Waals surface area contributed by atoms with E-state index in [0.29, 0.717) is 0 Å². The molecule has 0 spiro atoms. The lowest BCUT2D eigenvalue weighted by Gasteiger charge is -2.09. The highest BCUT2D eigenvalue weighted by molar-refractivity contribution is 7.26. The summed E-state index contributed by atoms with van der Waals surface area (Å²) in [6, 6.07) is 27.1. The molecule has 6 aromatic rings. The molecule has 0 aliphatic heterocycles. The van der Waals surface area contributed by atoms with Gasteiger partial charge in [0.25, 0.3) is 0 Å². The van der Waals surface area contributed by atoms with Crippen LogP contribution in [0.4, 0.5) is 0 Å². The Bertz CT molecular complexity index is 1460. The molecule has 3 heterocycles. The van der Waals surface area contributed by atoms with Crippen molar-refractivity contribution in [2.45, 2.75) is 0 Å². The standard InChI is InChI=1S/C23H14N4S/c1-2-7-15(8-3-1)27-22(25-19-13-14-24-26-23(19)27)18-11-6-10-17-16-9-4-5-12-20(16)28-21(17)18/h1-14H. The summed E-state index contributed by atoms with van der Waals surface area (Å²) in [5.41, 5.74) is 3.74. The highest BCUT2D eigenvalue weighted by Crippen LogP contribution is 2.40. The molecular weight excluding hydrogens is 364 g/mol. The number of imidazole rings is 1. The summed E-state index contributed by atoms with van der Waals surface area (Å²) < 4.78 is 4.62. The van der Waals surface area contributed by atoms with Gasteiger partial charge in [-0.3, -0.25) is 4.57 Å². The Kier molecular flexibility index (Phi) is 3.30. The van der Waals surface area contributed by atoms with E-state index < -0.39 is 0 Å². The van der Waals surface area contributed by atoms with Crippen molar-refractivity contribution in [2.75, 3.05) is 0 Å². The van der Waals surface area contributed by atoms with Crippen LogP contribution in [0.2, 0.25) is 0 Å². The minimum absolute atomic E-state index is 0.766. The number of benzene rings is 3. The first-order valence-electron chi connectivity index (χ1n) is 9.06. The van der Waals surface area contributed by atoms with Crippen molar-refractivity contribution in [3.63, 3.8) is 0 Å². The van der Waals surface area contributed by atoms with E-state index in [1.165, 1.54) is 20.2 Å². The van der Waals surface area contributed by atoms with Crippen LogP contribution in [0.5, 0.6) is 0 Å². The monoisotopic (exact) mass is 378 g/mol. The van der Waals surface area contributed by atoms with Crippen LogP contribution >= 0.6 is 11.3 Å². The zero-order valence-electron chi connectivity index (χ0n) is 14.8. The van der Waals surface area contributed by atoms with Crippen LogP contribution < -0.4 is 0 Å². The number of fused-ring (bicyclic) bond motifs is 4. The van der Waals surface area contributed by atoms with Gasteiger partial charge in [0.2, 0.25) is 0 Å². The van der Waals surface area contributed by atoms with Crippen molar-refractivity contribution in [3.05, 3.63) is 85.1 Å². The summed E-state index contributed by atoms with van der Waals surface area (Å²) in [4.78, 5) is 4.95. The maximum absolute atomic E-state index is 4.95. The SMILES string of the molecule is c1ccc(-n2c(-c3cccc4c3sc3ccccc34)nc3ccnnc32)cc1. The molecule has 0 amide bonds. The summed E-state index contributed by atoms with van der Waals surface area (Å²) in [7, 11) is 0. The Hall–Kier alpha value is -3.57. The van der Waals surface area contributed by atoms with Crippen LogP contribution in [0.1, 0.15) is 0 Å². The average Bonchev–Trinajstić information content (AvgIpc) is 3.33. The molecule has 0 atom stereocenters. The van der Waals surface area contributed by atoms with Crippen molar-refractivity contribution in [1.82, 2.24) is 19.7 Å². The van der Waals surface area contributed by atoms with E-state index in [0.717, 1.165) is 28.2 Å². The third kappa shape index (κ3) is 2.20. The predicted octanol–water partition coefficient (Wildman–Crippen LogP) is 5.85. The smallest absolute Gasteiger partial charge is 0.187 e. The second-order valence-electron chi connectivity index (χ2n) is 6.63. The second-order valence-corrected chi connectivity index (χ2v) is 7.68. The van der Waals surface area contributed by atoms with Gasteiger partial charge in [0.15, 0.2) is 5.65 Å². The Morgan fingerprint density at radius 1 is 0.750 bits per heavy atom. The highest BCUT2D eigenvalue weighted by atomic mass is 32.1. The number of para-hydroxylation sites is 1. The van der Waals surface area contributed by atoms with E-state index in [9.17, 15) is 0 Å². The van der Waals surface area contributed by atoms with Crippen LogP contribution in [-0.4, -0.2) is 19.7 Å². The molecule has 0 unspecified atom stereocenters. The number of hydrogen-bond donors (Lipinski definition) is 0. The second kappa shape index (κ2) is 5.97. The molecule has 3 aromatic heterocycles. The summed E-state index contributed by atoms with van der Waals surface area (Å²) in [5, 5.41) is 11.0. The first kappa shape index (κ1) is 15.5. The molecule has 0 saturated carbocycles. The molecule has 4 nitrogen and oxygen atoms in total. The van der Waals surface area contributed by atoms with Gasteiger partial charge in [-0.15, -0.1) is 16.4 Å². The fourth-order valence-corrected chi connectivity index (χ4v) is 4.97. The number of aromatic nitrogens is 4. The van der Waals surface area contributed by atoms with E-state index in [4.69, 9.17) is 4.98 Å². The zero-order valence-corrected chi connectivity index (χ0v) is 15.6. The Morgan fingerprint density at radius 2 is 1.57 bits per heavy atom. The molecule has 0 fully saturated rings. The lowest BCUT2D eigenvalue weighted by molar-refractivity contribution is 1.01. The van der Waals surface area contributed by atoms with Crippen molar-refractivity contribution < 1.29 is 0 Å². The summed E-state index contributed by atoms with van der Waals surface area (Å²) >= 11 is 1.81. The molecule has 3 aromatic carbocycles. The van der Waals surface area contributed by atoms with Crippen molar-refractivity contribution in [2.24, 2.45) is 0 Å². The van der Waals surface area contributed by atoms with E-state index in [1.807, 2.05) is 35.6 Å². The molecule has 28 heavy (non-hydrogen) atoms. The maximum atomic E-state index is 4.95. The fourth-order valence-electron chi connectivity index (χ4n) is 3.75. The first-order chi connectivity index (χ1) is 13.9. The molecule has 132 valence electrons. The maximum Gasteiger partial charge on any atom is 0.187 e. The van der Waals surface area contributed by atoms with Gasteiger partial charge >= 0.3 is 0 Å². The van der Waals surface area contributed by atoms with Gasteiger partial charge in [-0.1, -0.05) is 48.5 Å². The summed E-state index contributed by atoms with van der Waals surface area (Å²) in [5.74, 6) is 0.888. The van der Waals surface area contributed by atoms with Crippen molar-refractivity contribution >= 4 is 42.7 Å². The Balaban J connectivity index is 1.74. The summed E-state index contributed by atoms with van der Waals surface area (Å²) in [6.45, 7) is 0. The predicted molar refractivity (Wildman–Crippen MR) is 115 cm³/mol. The largest absolute Gasteiger partial charge is 0.275 e. The number of nitrogens with zero attached hydrogens (tertiary/aromatic N) is 4. The normalized spacial score (nSPS) is 11.6. The highest BCUT2D eigenvalue weighted by Gasteiger charge is 2.19. The van der Waals surface area contributed by atoms with E-state index >= 15 is 0 Å². The van der Waals surface area contributed by atoms with Crippen LogP contribution in [0.3, 0.4) is 0 Å². The molecule has 0 saturated heterocycles. The van der Waals surface area contributed by atoms with Gasteiger partial charge in [-0.2, -0.15) is 5.10 Å². The number of hydrogen-bond acceptors (Lipinski definition) is 4. The van der Waals surface area contributed by atoms with E-state index in [1.54, 1.807) is 6.20 Å². The molecule has 0 N–H and O–H groups in total. The Labute approximate surface area is 164 Å². The molecule has 0 aliphatic rings. The van der Waals surface area contributed by atoms with Gasteiger partial charge in [0, 0.05) is 31.4 Å². The molecule has 0 aliphatic carbocycles. The molecular formula is C23H14N4S. The van der Waals surface area contributed by atoms with Gasteiger partial charge < -0.3 is 0 Å². The van der Waals surface area contributed by atoms with E-state index in [-0.39, 0.29) is 0 Å². The lowest BCUT2D eigenvalue weighted by Crippen LogP contribution is -1.99. The minimum Gasteiger partial charge on any atom is -0.275 e. The molecule has 6 rings (SSSR count). The molecule has 0 bridgehead atoms. The van der Waals surface area contributed by atoms with Gasteiger partial charge in [-0.25, -0.2) is 4.98 Å². The minimum atomic E-state index is 0.766. The zero-order chi connectivity index (χ0) is 18.5. The Morgan fingerprint density at radius 3 is 2.50 bits per heavy atom. The van der Waals surface area contributed by atoms with Gasteiger partial charge in [-0.05, 0) is 30.3 Å². The van der Waals surface area contributed by atoms with E-state index in [2.05, 4.69) is 69.4 Å². The lowest BCUT2D eigenvalue weighted by atomic mass is 10.1. The van der Waals surface area contributed by atoms with Gasteiger partial charge in [0.05, 0.1) is 6.20 Å². The third-order valence-electron chi connectivity index (χ3n) is 4.99. The van der Waals surface area contributed by atoms with Crippen LogP contribution in [0.25, 0.3) is 48.4 Å².